The van der Waals surface area contributed by atoms with Crippen LogP contribution < -0.4 is 11.1 Å². The molecule has 4 nitrogen and oxygen atoms in total. The smallest absolute Gasteiger partial charge is 0.276 e. The number of hydrogen-bond donors (Lipinski definition) is 2. The van der Waals surface area contributed by atoms with Gasteiger partial charge in [-0.3, -0.25) is 9.59 Å². The molecule has 0 aromatic heterocycles. The lowest BCUT2D eigenvalue weighted by Gasteiger charge is -2.10. The summed E-state index contributed by atoms with van der Waals surface area (Å²) in [5, 5.41) is 2.42. The molecule has 2 aromatic rings. The highest BCUT2D eigenvalue weighted by Gasteiger charge is 2.12. The van der Waals surface area contributed by atoms with Crippen LogP contribution in [0.2, 0.25) is 0 Å². The van der Waals surface area contributed by atoms with Crippen LogP contribution in [-0.2, 0) is 12.3 Å². The molecular formula is C16H15Br3N2O2S. The molecule has 0 aliphatic heterocycles. The SMILES string of the molecule is Br.NC(=O)SCc1cc(Br)ccc1C(=O)NCc1ccc(Br)cc1. The van der Waals surface area contributed by atoms with Gasteiger partial charge in [-0.2, -0.15) is 0 Å². The standard InChI is InChI=1S/C16H14Br2N2O2S.BrH/c17-12-3-1-10(2-4-12)8-20-15(21)14-6-5-13(18)7-11(14)9-23-16(19)22;/h1-7H,8-9H2,(H2,19,22)(H,20,21);1H. The van der Waals surface area contributed by atoms with Gasteiger partial charge in [0.05, 0.1) is 0 Å². The van der Waals surface area contributed by atoms with Crippen LogP contribution in [0.25, 0.3) is 0 Å². The number of benzene rings is 2. The van der Waals surface area contributed by atoms with Gasteiger partial charge in [0, 0.05) is 26.8 Å². The molecule has 0 saturated heterocycles. The summed E-state index contributed by atoms with van der Waals surface area (Å²) in [4.78, 5) is 23.3. The topological polar surface area (TPSA) is 72.2 Å². The maximum Gasteiger partial charge on any atom is 0.276 e. The van der Waals surface area contributed by atoms with Crippen LogP contribution in [0.5, 0.6) is 0 Å². The van der Waals surface area contributed by atoms with Gasteiger partial charge in [0.25, 0.3) is 11.1 Å². The zero-order valence-electron chi connectivity index (χ0n) is 12.4. The summed E-state index contributed by atoms with van der Waals surface area (Å²) in [7, 11) is 0. The Kier molecular flexibility index (Phi) is 9.04. The third-order valence-corrected chi connectivity index (χ3v) is 4.81. The maximum absolute atomic E-state index is 12.4. The second-order valence-electron chi connectivity index (χ2n) is 4.72. The van der Waals surface area contributed by atoms with Gasteiger partial charge in [0.2, 0.25) is 0 Å². The molecule has 0 aliphatic carbocycles. The predicted octanol–water partition coefficient (Wildman–Crippen LogP) is 5.03. The van der Waals surface area contributed by atoms with Crippen molar-refractivity contribution >= 4 is 71.7 Å². The Morgan fingerprint density at radius 2 is 1.67 bits per heavy atom. The molecule has 0 atom stereocenters. The average molecular weight is 539 g/mol. The van der Waals surface area contributed by atoms with Crippen LogP contribution in [0.15, 0.2) is 51.4 Å². The number of thioether (sulfide) groups is 1. The molecule has 24 heavy (non-hydrogen) atoms. The largest absolute Gasteiger partial charge is 0.361 e. The summed E-state index contributed by atoms with van der Waals surface area (Å²) in [6.45, 7) is 0.435. The van der Waals surface area contributed by atoms with Crippen LogP contribution >= 0.6 is 60.6 Å². The molecule has 2 aromatic carbocycles. The van der Waals surface area contributed by atoms with E-state index in [1.54, 1.807) is 12.1 Å². The minimum absolute atomic E-state index is 0. The van der Waals surface area contributed by atoms with Gasteiger partial charge in [0.15, 0.2) is 0 Å². The molecule has 8 heteroatoms. The van der Waals surface area contributed by atoms with E-state index in [-0.39, 0.29) is 22.9 Å². The Hall–Kier alpha value is -0.830. The molecule has 3 N–H and O–H groups in total. The fourth-order valence-electron chi connectivity index (χ4n) is 1.93. The number of carbonyl (C=O) groups is 2. The van der Waals surface area contributed by atoms with Crippen LogP contribution in [-0.4, -0.2) is 11.1 Å². The minimum Gasteiger partial charge on any atom is -0.361 e. The van der Waals surface area contributed by atoms with Crippen LogP contribution in [0.1, 0.15) is 21.5 Å². The number of primary amides is 1. The zero-order valence-corrected chi connectivity index (χ0v) is 18.1. The van der Waals surface area contributed by atoms with E-state index in [9.17, 15) is 9.59 Å². The van der Waals surface area contributed by atoms with Gasteiger partial charge >= 0.3 is 0 Å². The first-order chi connectivity index (χ1) is 11.0. The van der Waals surface area contributed by atoms with E-state index in [0.717, 1.165) is 31.8 Å². The Balaban J connectivity index is 0.00000288. The van der Waals surface area contributed by atoms with Crippen LogP contribution in [0.3, 0.4) is 0 Å². The van der Waals surface area contributed by atoms with E-state index in [2.05, 4.69) is 37.2 Å². The first-order valence-electron chi connectivity index (χ1n) is 6.69. The fourth-order valence-corrected chi connectivity index (χ4v) is 3.14. The van der Waals surface area contributed by atoms with Crippen molar-refractivity contribution in [1.82, 2.24) is 5.32 Å². The molecule has 0 spiro atoms. The van der Waals surface area contributed by atoms with E-state index >= 15 is 0 Å². The highest BCUT2D eigenvalue weighted by atomic mass is 79.9. The average Bonchev–Trinajstić information content (AvgIpc) is 2.52. The lowest BCUT2D eigenvalue weighted by molar-refractivity contribution is 0.0950. The zero-order chi connectivity index (χ0) is 16.8. The Morgan fingerprint density at radius 3 is 2.29 bits per heavy atom. The molecule has 2 rings (SSSR count). The van der Waals surface area contributed by atoms with Crippen LogP contribution in [0, 0.1) is 0 Å². The second kappa shape index (κ2) is 10.2. The normalized spacial score (nSPS) is 9.92. The lowest BCUT2D eigenvalue weighted by Crippen LogP contribution is -2.24. The monoisotopic (exact) mass is 536 g/mol. The van der Waals surface area contributed by atoms with Crippen molar-refractivity contribution in [2.75, 3.05) is 0 Å². The molecule has 0 fully saturated rings. The Bertz CT molecular complexity index is 724. The van der Waals surface area contributed by atoms with Crippen molar-refractivity contribution in [3.8, 4) is 0 Å². The van der Waals surface area contributed by atoms with Crippen molar-refractivity contribution in [3.63, 3.8) is 0 Å². The summed E-state index contributed by atoms with van der Waals surface area (Å²) < 4.78 is 1.84. The van der Waals surface area contributed by atoms with Crippen LogP contribution in [0.4, 0.5) is 4.79 Å². The highest BCUT2D eigenvalue weighted by molar-refractivity contribution is 9.10. The van der Waals surface area contributed by atoms with Crippen molar-refractivity contribution in [1.29, 1.82) is 0 Å². The van der Waals surface area contributed by atoms with Crippen molar-refractivity contribution in [3.05, 3.63) is 68.1 Å². The molecular weight excluding hydrogens is 524 g/mol. The maximum atomic E-state index is 12.4. The van der Waals surface area contributed by atoms with E-state index in [1.807, 2.05) is 30.3 Å². The number of carbonyl (C=O) groups excluding carboxylic acids is 2. The number of nitrogens with one attached hydrogen (secondary N) is 1. The molecule has 0 aliphatic rings. The van der Waals surface area contributed by atoms with Crippen molar-refractivity contribution in [2.45, 2.75) is 12.3 Å². The summed E-state index contributed by atoms with van der Waals surface area (Å²) in [6.07, 6.45) is 0. The van der Waals surface area contributed by atoms with Gasteiger partial charge in [-0.25, -0.2) is 0 Å². The van der Waals surface area contributed by atoms with E-state index in [1.165, 1.54) is 0 Å². The molecule has 2 amide bonds. The molecule has 0 bridgehead atoms. The van der Waals surface area contributed by atoms with Gasteiger partial charge in [-0.1, -0.05) is 55.8 Å². The Morgan fingerprint density at radius 1 is 1.04 bits per heavy atom. The van der Waals surface area contributed by atoms with E-state index < -0.39 is 5.24 Å². The molecule has 128 valence electrons. The predicted molar refractivity (Wildman–Crippen MR) is 111 cm³/mol. The van der Waals surface area contributed by atoms with Gasteiger partial charge in [0.1, 0.15) is 0 Å². The van der Waals surface area contributed by atoms with E-state index in [0.29, 0.717) is 17.9 Å². The molecule has 0 saturated carbocycles. The minimum atomic E-state index is -0.466. The summed E-state index contributed by atoms with van der Waals surface area (Å²) in [5.74, 6) is 0.177. The van der Waals surface area contributed by atoms with Crippen molar-refractivity contribution < 1.29 is 9.59 Å². The molecule has 0 heterocycles. The van der Waals surface area contributed by atoms with Crippen molar-refractivity contribution in [2.24, 2.45) is 5.73 Å². The number of hydrogen-bond acceptors (Lipinski definition) is 3. The first-order valence-corrected chi connectivity index (χ1v) is 9.26. The summed E-state index contributed by atoms with van der Waals surface area (Å²) in [5.41, 5.74) is 7.47. The lowest BCUT2D eigenvalue weighted by atomic mass is 10.1. The number of amides is 2. The van der Waals surface area contributed by atoms with Gasteiger partial charge in [-0.15, -0.1) is 17.0 Å². The number of nitrogens with two attached hydrogens (primary N) is 1. The van der Waals surface area contributed by atoms with E-state index in [4.69, 9.17) is 5.73 Å². The fraction of sp³-hybridized carbons (Fsp3) is 0.125. The molecule has 0 radical (unpaired) electrons. The highest BCUT2D eigenvalue weighted by Crippen LogP contribution is 2.21. The first kappa shape index (κ1) is 21.2. The van der Waals surface area contributed by atoms with Gasteiger partial charge < -0.3 is 11.1 Å². The number of rotatable bonds is 5. The quantitative estimate of drug-likeness (QED) is 0.561. The third kappa shape index (κ3) is 6.58. The summed E-state index contributed by atoms with van der Waals surface area (Å²) in [6, 6.07) is 13.1. The number of halogens is 3. The molecule has 0 unspecified atom stereocenters. The van der Waals surface area contributed by atoms with Gasteiger partial charge in [-0.05, 0) is 41.5 Å². The third-order valence-electron chi connectivity index (χ3n) is 3.05. The summed E-state index contributed by atoms with van der Waals surface area (Å²) >= 11 is 7.72. The second-order valence-corrected chi connectivity index (χ2v) is 7.53. The Labute approximate surface area is 172 Å².